The van der Waals surface area contributed by atoms with Crippen LogP contribution in [0, 0.1) is 0 Å². The lowest BCUT2D eigenvalue weighted by Gasteiger charge is -2.22. The van der Waals surface area contributed by atoms with E-state index in [9.17, 15) is 9.59 Å². The number of rotatable bonds is 4. The van der Waals surface area contributed by atoms with Crippen molar-refractivity contribution in [2.24, 2.45) is 0 Å². The van der Waals surface area contributed by atoms with Gasteiger partial charge in [0.15, 0.2) is 0 Å². The van der Waals surface area contributed by atoms with Gasteiger partial charge in [0.2, 0.25) is 5.91 Å². The quantitative estimate of drug-likeness (QED) is 0.803. The average molecular weight is 383 g/mol. The molecule has 0 saturated carbocycles. The number of carbonyl (C=O) groups is 1. The third kappa shape index (κ3) is 4.35. The Morgan fingerprint density at radius 3 is 2.64 bits per heavy atom. The van der Waals surface area contributed by atoms with Gasteiger partial charge in [0, 0.05) is 45.7 Å². The van der Waals surface area contributed by atoms with Crippen molar-refractivity contribution in [1.29, 1.82) is 0 Å². The Morgan fingerprint density at radius 1 is 0.929 bits per heavy atom. The van der Waals surface area contributed by atoms with Gasteiger partial charge in [0.25, 0.3) is 0 Å². The fourth-order valence-corrected chi connectivity index (χ4v) is 4.18. The van der Waals surface area contributed by atoms with Crippen molar-refractivity contribution in [3.05, 3.63) is 52.2 Å². The molecule has 0 unspecified atom stereocenters. The summed E-state index contributed by atoms with van der Waals surface area (Å²) in [5.74, 6) is 0.831. The van der Waals surface area contributed by atoms with E-state index in [1.54, 1.807) is 4.57 Å². The van der Waals surface area contributed by atoms with Crippen LogP contribution in [-0.2, 0) is 30.8 Å². The summed E-state index contributed by atoms with van der Waals surface area (Å²) in [6.45, 7) is 4.97. The summed E-state index contributed by atoms with van der Waals surface area (Å²) in [6, 6.07) is 10.4. The lowest BCUT2D eigenvalue weighted by Crippen LogP contribution is -2.39. The third-order valence-electron chi connectivity index (χ3n) is 5.76. The number of carbonyl (C=O) groups excluding carboxylic acids is 1. The standard InChI is InChI=1S/C21H29N5O2/c27-20(17-26-21(28)25-13-6-2-5-10-19(25)22-26)24-12-7-11-23(14-15-24)16-18-8-3-1-4-9-18/h1,3-4,8-9H,2,5-7,10-17H2. The number of benzene rings is 1. The first-order chi connectivity index (χ1) is 13.7. The molecule has 0 spiro atoms. The highest BCUT2D eigenvalue weighted by Crippen LogP contribution is 2.11. The third-order valence-corrected chi connectivity index (χ3v) is 5.76. The molecule has 3 heterocycles. The molecule has 0 bridgehead atoms. The fourth-order valence-electron chi connectivity index (χ4n) is 4.18. The van der Waals surface area contributed by atoms with Gasteiger partial charge in [-0.1, -0.05) is 36.8 Å². The number of nitrogens with zero attached hydrogens (tertiary/aromatic N) is 5. The molecule has 4 rings (SSSR count). The van der Waals surface area contributed by atoms with Crippen LogP contribution in [0.25, 0.3) is 0 Å². The number of hydrogen-bond donors (Lipinski definition) is 0. The van der Waals surface area contributed by atoms with Crippen molar-refractivity contribution in [1.82, 2.24) is 24.1 Å². The highest BCUT2D eigenvalue weighted by molar-refractivity contribution is 5.75. The Balaban J connectivity index is 1.36. The number of fused-ring (bicyclic) bond motifs is 1. The van der Waals surface area contributed by atoms with Crippen molar-refractivity contribution in [2.75, 3.05) is 26.2 Å². The fraction of sp³-hybridized carbons (Fsp3) is 0.571. The largest absolute Gasteiger partial charge is 0.346 e. The summed E-state index contributed by atoms with van der Waals surface area (Å²) in [7, 11) is 0. The van der Waals surface area contributed by atoms with E-state index < -0.39 is 0 Å². The van der Waals surface area contributed by atoms with Gasteiger partial charge in [-0.05, 0) is 24.8 Å². The Labute approximate surface area is 165 Å². The van der Waals surface area contributed by atoms with Crippen molar-refractivity contribution >= 4 is 5.91 Å². The minimum Gasteiger partial charge on any atom is -0.340 e. The van der Waals surface area contributed by atoms with Crippen LogP contribution < -0.4 is 5.69 Å². The van der Waals surface area contributed by atoms with Gasteiger partial charge in [-0.2, -0.15) is 5.10 Å². The second-order valence-corrected chi connectivity index (χ2v) is 7.81. The van der Waals surface area contributed by atoms with E-state index in [4.69, 9.17) is 0 Å². The first kappa shape index (κ1) is 18.9. The lowest BCUT2D eigenvalue weighted by molar-refractivity contribution is -0.132. The van der Waals surface area contributed by atoms with E-state index in [0.717, 1.165) is 70.7 Å². The topological polar surface area (TPSA) is 63.4 Å². The van der Waals surface area contributed by atoms with Gasteiger partial charge in [0.05, 0.1) is 0 Å². The molecule has 28 heavy (non-hydrogen) atoms. The monoisotopic (exact) mass is 383 g/mol. The van der Waals surface area contributed by atoms with Crippen LogP contribution in [0.5, 0.6) is 0 Å². The summed E-state index contributed by atoms with van der Waals surface area (Å²) in [5.41, 5.74) is 1.17. The normalized spacial score (nSPS) is 18.4. The maximum Gasteiger partial charge on any atom is 0.346 e. The van der Waals surface area contributed by atoms with E-state index in [0.29, 0.717) is 6.54 Å². The second-order valence-electron chi connectivity index (χ2n) is 7.81. The van der Waals surface area contributed by atoms with E-state index in [1.165, 1.54) is 10.2 Å². The average Bonchev–Trinajstić information content (AvgIpc) is 2.93. The Hall–Kier alpha value is -2.41. The second kappa shape index (κ2) is 8.73. The first-order valence-electron chi connectivity index (χ1n) is 10.4. The summed E-state index contributed by atoms with van der Waals surface area (Å²) in [6.07, 6.45) is 4.99. The molecule has 2 aliphatic rings. The van der Waals surface area contributed by atoms with Crippen LogP contribution in [0.1, 0.15) is 37.1 Å². The molecule has 2 aliphatic heterocycles. The molecule has 7 heteroatoms. The van der Waals surface area contributed by atoms with Crippen molar-refractivity contribution in [2.45, 2.75) is 51.7 Å². The number of hydrogen-bond acceptors (Lipinski definition) is 4. The maximum atomic E-state index is 12.8. The molecule has 0 aliphatic carbocycles. The highest BCUT2D eigenvalue weighted by atomic mass is 16.2. The Kier molecular flexibility index (Phi) is 5.90. The smallest absolute Gasteiger partial charge is 0.340 e. The lowest BCUT2D eigenvalue weighted by atomic mass is 10.2. The van der Waals surface area contributed by atoms with Crippen LogP contribution in [0.4, 0.5) is 0 Å². The van der Waals surface area contributed by atoms with Crippen LogP contribution in [0.2, 0.25) is 0 Å². The zero-order chi connectivity index (χ0) is 19.3. The Bertz CT molecular complexity index is 857. The molecular formula is C21H29N5O2. The highest BCUT2D eigenvalue weighted by Gasteiger charge is 2.22. The molecule has 7 nitrogen and oxygen atoms in total. The Morgan fingerprint density at radius 2 is 1.79 bits per heavy atom. The molecule has 1 aromatic carbocycles. The van der Waals surface area contributed by atoms with E-state index in [2.05, 4.69) is 34.3 Å². The molecule has 2 aromatic rings. The molecule has 0 atom stereocenters. The molecule has 1 saturated heterocycles. The summed E-state index contributed by atoms with van der Waals surface area (Å²) in [5, 5.41) is 4.45. The van der Waals surface area contributed by atoms with Gasteiger partial charge < -0.3 is 4.90 Å². The predicted molar refractivity (Wildman–Crippen MR) is 107 cm³/mol. The SMILES string of the molecule is O=C(Cn1nc2n(c1=O)CCCCC2)N1CCCN(Cc2ccccc2)CC1. The van der Waals surface area contributed by atoms with Gasteiger partial charge in [-0.3, -0.25) is 14.3 Å². The number of amides is 1. The molecule has 0 N–H and O–H groups in total. The molecule has 1 aromatic heterocycles. The van der Waals surface area contributed by atoms with E-state index in [-0.39, 0.29) is 18.1 Å². The first-order valence-corrected chi connectivity index (χ1v) is 10.4. The maximum absolute atomic E-state index is 12.8. The molecular weight excluding hydrogens is 354 g/mol. The van der Waals surface area contributed by atoms with Gasteiger partial charge in [-0.15, -0.1) is 0 Å². The number of aromatic nitrogens is 3. The molecule has 1 amide bonds. The van der Waals surface area contributed by atoms with Crippen molar-refractivity contribution in [3.63, 3.8) is 0 Å². The molecule has 0 radical (unpaired) electrons. The summed E-state index contributed by atoms with van der Waals surface area (Å²) < 4.78 is 3.12. The minimum absolute atomic E-state index is 0.00285. The van der Waals surface area contributed by atoms with Gasteiger partial charge in [-0.25, -0.2) is 9.48 Å². The van der Waals surface area contributed by atoms with Crippen LogP contribution in [0.15, 0.2) is 35.1 Å². The summed E-state index contributed by atoms with van der Waals surface area (Å²) >= 11 is 0. The molecule has 150 valence electrons. The van der Waals surface area contributed by atoms with E-state index >= 15 is 0 Å². The van der Waals surface area contributed by atoms with Gasteiger partial charge in [0.1, 0.15) is 12.4 Å². The minimum atomic E-state index is -0.134. The predicted octanol–water partition coefficient (Wildman–Crippen LogP) is 1.51. The van der Waals surface area contributed by atoms with E-state index in [1.807, 2.05) is 11.0 Å². The van der Waals surface area contributed by atoms with Crippen molar-refractivity contribution in [3.8, 4) is 0 Å². The van der Waals surface area contributed by atoms with Crippen LogP contribution >= 0.6 is 0 Å². The summed E-state index contributed by atoms with van der Waals surface area (Å²) in [4.78, 5) is 29.7. The van der Waals surface area contributed by atoms with Crippen molar-refractivity contribution < 1.29 is 4.79 Å². The molecule has 1 fully saturated rings. The zero-order valence-electron chi connectivity index (χ0n) is 16.4. The van der Waals surface area contributed by atoms with Crippen LogP contribution in [0.3, 0.4) is 0 Å². The van der Waals surface area contributed by atoms with Gasteiger partial charge >= 0.3 is 5.69 Å². The zero-order valence-corrected chi connectivity index (χ0v) is 16.4. The number of aryl methyl sites for hydroxylation is 1. The van der Waals surface area contributed by atoms with Crippen LogP contribution in [-0.4, -0.2) is 56.2 Å².